The minimum absolute atomic E-state index is 0.173. The Morgan fingerprint density at radius 2 is 1.91 bits per heavy atom. The molecule has 1 aromatic heterocycles. The Morgan fingerprint density at radius 1 is 1.27 bits per heavy atom. The summed E-state index contributed by atoms with van der Waals surface area (Å²) in [6.07, 6.45) is -2.70. The number of hydrogen-bond donors (Lipinski definition) is 1. The van der Waals surface area contributed by atoms with Crippen LogP contribution in [0.15, 0.2) is 0 Å². The molecule has 1 rings (SSSR count). The lowest BCUT2D eigenvalue weighted by atomic mass is 10.6. The van der Waals surface area contributed by atoms with Gasteiger partial charge in [-0.3, -0.25) is 0 Å². The van der Waals surface area contributed by atoms with Crippen molar-refractivity contribution in [2.24, 2.45) is 0 Å². The van der Waals surface area contributed by atoms with Gasteiger partial charge in [0.1, 0.15) is 5.82 Å². The van der Waals surface area contributed by atoms with E-state index >= 15 is 0 Å². The van der Waals surface area contributed by atoms with Gasteiger partial charge in [-0.1, -0.05) is 0 Å². The van der Waals surface area contributed by atoms with Crippen LogP contribution >= 0.6 is 0 Å². The molecule has 1 heterocycles. The number of alkyl halides is 2. The summed E-state index contributed by atoms with van der Waals surface area (Å²) in [5, 5.41) is 0. The van der Waals surface area contributed by atoms with Crippen molar-refractivity contribution in [1.82, 2.24) is 15.0 Å². The van der Waals surface area contributed by atoms with Crippen molar-refractivity contribution in [2.75, 3.05) is 5.73 Å². The van der Waals surface area contributed by atoms with Crippen LogP contribution in [-0.2, 0) is 0 Å². The van der Waals surface area contributed by atoms with Crippen molar-refractivity contribution >= 4 is 5.95 Å². The van der Waals surface area contributed by atoms with E-state index in [0.717, 1.165) is 0 Å². The van der Waals surface area contributed by atoms with Gasteiger partial charge >= 0.3 is 0 Å². The summed E-state index contributed by atoms with van der Waals surface area (Å²) >= 11 is 0. The standard InChI is InChI=1S/C5H6F2N4/c1-2-9-4(3(6)7)11-5(8)10-2/h3H,1H3,(H2,8,9,10,11). The molecule has 1 aromatic rings. The first-order valence-electron chi connectivity index (χ1n) is 2.86. The number of anilines is 1. The lowest BCUT2D eigenvalue weighted by Crippen LogP contribution is -2.04. The van der Waals surface area contributed by atoms with Crippen LogP contribution < -0.4 is 5.73 Å². The molecule has 0 fully saturated rings. The number of aryl methyl sites for hydroxylation is 1. The highest BCUT2D eigenvalue weighted by Crippen LogP contribution is 2.13. The molecular weight excluding hydrogens is 154 g/mol. The van der Waals surface area contributed by atoms with Crippen LogP contribution in [0.4, 0.5) is 14.7 Å². The van der Waals surface area contributed by atoms with Crippen molar-refractivity contribution < 1.29 is 8.78 Å². The number of hydrogen-bond acceptors (Lipinski definition) is 4. The second-order valence-electron chi connectivity index (χ2n) is 1.90. The van der Waals surface area contributed by atoms with E-state index in [9.17, 15) is 8.78 Å². The van der Waals surface area contributed by atoms with E-state index in [0.29, 0.717) is 0 Å². The molecule has 0 aliphatic carbocycles. The molecule has 6 heteroatoms. The topological polar surface area (TPSA) is 64.7 Å². The van der Waals surface area contributed by atoms with Gasteiger partial charge in [-0.25, -0.2) is 13.8 Å². The number of aromatic nitrogens is 3. The van der Waals surface area contributed by atoms with Gasteiger partial charge < -0.3 is 5.73 Å². The minimum Gasteiger partial charge on any atom is -0.368 e. The highest BCUT2D eigenvalue weighted by Gasteiger charge is 2.11. The first kappa shape index (κ1) is 7.77. The molecule has 0 spiro atoms. The smallest absolute Gasteiger partial charge is 0.297 e. The van der Waals surface area contributed by atoms with E-state index in [4.69, 9.17) is 5.73 Å². The summed E-state index contributed by atoms with van der Waals surface area (Å²) in [4.78, 5) is 10.2. The maximum Gasteiger partial charge on any atom is 0.297 e. The quantitative estimate of drug-likeness (QED) is 0.656. The van der Waals surface area contributed by atoms with Crippen molar-refractivity contribution in [3.63, 3.8) is 0 Å². The van der Waals surface area contributed by atoms with Crippen molar-refractivity contribution in [1.29, 1.82) is 0 Å². The molecule has 0 radical (unpaired) electrons. The van der Waals surface area contributed by atoms with Gasteiger partial charge in [-0.05, 0) is 6.92 Å². The lowest BCUT2D eigenvalue weighted by Gasteiger charge is -1.98. The lowest BCUT2D eigenvalue weighted by molar-refractivity contribution is 0.140. The second-order valence-corrected chi connectivity index (χ2v) is 1.90. The van der Waals surface area contributed by atoms with E-state index in [1.54, 1.807) is 0 Å². The molecule has 4 nitrogen and oxygen atoms in total. The van der Waals surface area contributed by atoms with Crippen molar-refractivity contribution in [3.8, 4) is 0 Å². The summed E-state index contributed by atoms with van der Waals surface area (Å²) in [6, 6.07) is 0. The van der Waals surface area contributed by atoms with Crippen LogP contribution in [0.3, 0.4) is 0 Å². The summed E-state index contributed by atoms with van der Waals surface area (Å²) in [6.45, 7) is 1.48. The van der Waals surface area contributed by atoms with Crippen LogP contribution in [0.5, 0.6) is 0 Å². The Bertz CT molecular complexity index is 242. The van der Waals surface area contributed by atoms with E-state index in [1.165, 1.54) is 6.92 Å². The number of nitrogens with two attached hydrogens (primary N) is 1. The van der Waals surface area contributed by atoms with Gasteiger partial charge in [-0.2, -0.15) is 9.97 Å². The highest BCUT2D eigenvalue weighted by molar-refractivity contribution is 5.15. The van der Waals surface area contributed by atoms with Gasteiger partial charge in [0.15, 0.2) is 0 Å². The Hall–Kier alpha value is -1.33. The molecular formula is C5H6F2N4. The largest absolute Gasteiger partial charge is 0.368 e. The van der Waals surface area contributed by atoms with Crippen molar-refractivity contribution in [3.05, 3.63) is 11.6 Å². The van der Waals surface area contributed by atoms with E-state index in [2.05, 4.69) is 15.0 Å². The average Bonchev–Trinajstić information content (AvgIpc) is 1.85. The molecule has 0 unspecified atom stereocenters. The first-order valence-corrected chi connectivity index (χ1v) is 2.86. The zero-order valence-corrected chi connectivity index (χ0v) is 5.75. The zero-order chi connectivity index (χ0) is 8.43. The molecule has 60 valence electrons. The molecule has 0 saturated carbocycles. The fourth-order valence-corrected chi connectivity index (χ4v) is 0.622. The Morgan fingerprint density at radius 3 is 2.36 bits per heavy atom. The van der Waals surface area contributed by atoms with E-state index in [1.807, 2.05) is 0 Å². The summed E-state index contributed by atoms with van der Waals surface area (Å²) in [7, 11) is 0. The Balaban J connectivity index is 3.08. The Labute approximate surface area is 61.5 Å². The molecule has 0 saturated heterocycles. The maximum absolute atomic E-state index is 11.9. The van der Waals surface area contributed by atoms with Gasteiger partial charge in [0.25, 0.3) is 6.43 Å². The number of nitrogen functional groups attached to an aromatic ring is 1. The molecule has 0 atom stereocenters. The average molecular weight is 160 g/mol. The second kappa shape index (κ2) is 2.73. The maximum atomic E-state index is 11.9. The molecule has 0 bridgehead atoms. The SMILES string of the molecule is Cc1nc(N)nc(C(F)F)n1. The molecule has 0 aliphatic heterocycles. The van der Waals surface area contributed by atoms with E-state index in [-0.39, 0.29) is 11.8 Å². The predicted molar refractivity (Wildman–Crippen MR) is 33.9 cm³/mol. The minimum atomic E-state index is -2.70. The summed E-state index contributed by atoms with van der Waals surface area (Å²) in [5.74, 6) is -0.546. The van der Waals surface area contributed by atoms with Gasteiger partial charge in [-0.15, -0.1) is 0 Å². The Kier molecular flexibility index (Phi) is 1.93. The van der Waals surface area contributed by atoms with Crippen LogP contribution in [0.25, 0.3) is 0 Å². The van der Waals surface area contributed by atoms with Crippen LogP contribution in [0.1, 0.15) is 18.1 Å². The molecule has 0 amide bonds. The molecule has 0 aliphatic rings. The van der Waals surface area contributed by atoms with Crippen LogP contribution in [0.2, 0.25) is 0 Å². The third-order valence-electron chi connectivity index (χ3n) is 0.977. The monoisotopic (exact) mass is 160 g/mol. The molecule has 11 heavy (non-hydrogen) atoms. The third-order valence-corrected chi connectivity index (χ3v) is 0.977. The zero-order valence-electron chi connectivity index (χ0n) is 5.75. The fraction of sp³-hybridized carbons (Fsp3) is 0.400. The third kappa shape index (κ3) is 1.79. The van der Waals surface area contributed by atoms with Crippen LogP contribution in [0, 0.1) is 6.92 Å². The summed E-state index contributed by atoms with van der Waals surface area (Å²) < 4.78 is 23.8. The van der Waals surface area contributed by atoms with Gasteiger partial charge in [0.05, 0.1) is 0 Å². The predicted octanol–water partition coefficient (Wildman–Crippen LogP) is 0.700. The number of rotatable bonds is 1. The summed E-state index contributed by atoms with van der Waals surface area (Å²) in [5.41, 5.74) is 5.10. The molecule has 0 aromatic carbocycles. The molecule has 2 N–H and O–H groups in total. The number of halogens is 2. The first-order chi connectivity index (χ1) is 5.09. The van der Waals surface area contributed by atoms with E-state index < -0.39 is 12.2 Å². The van der Waals surface area contributed by atoms with Gasteiger partial charge in [0.2, 0.25) is 11.8 Å². The van der Waals surface area contributed by atoms with Gasteiger partial charge in [0, 0.05) is 0 Å². The van der Waals surface area contributed by atoms with Crippen molar-refractivity contribution in [2.45, 2.75) is 13.3 Å². The fourth-order valence-electron chi connectivity index (χ4n) is 0.622. The van der Waals surface area contributed by atoms with Crippen LogP contribution in [-0.4, -0.2) is 15.0 Å². The highest BCUT2D eigenvalue weighted by atomic mass is 19.3. The normalized spacial score (nSPS) is 10.5. The number of nitrogens with zero attached hydrogens (tertiary/aromatic N) is 3.